The van der Waals surface area contributed by atoms with Crippen molar-refractivity contribution in [3.63, 3.8) is 0 Å². The number of carboxylic acid groups (broad SMARTS) is 1. The summed E-state index contributed by atoms with van der Waals surface area (Å²) < 4.78 is -1.49. The molecule has 0 radical (unpaired) electrons. The highest BCUT2D eigenvalue weighted by Crippen LogP contribution is 2.18. The van der Waals surface area contributed by atoms with Gasteiger partial charge in [-0.2, -0.15) is 0 Å². The second kappa shape index (κ2) is 5.45. The fraction of sp³-hybridized carbons (Fsp3) is 0.200. The van der Waals surface area contributed by atoms with Gasteiger partial charge in [0, 0.05) is 10.9 Å². The summed E-state index contributed by atoms with van der Waals surface area (Å²) in [7, 11) is 0. The van der Waals surface area contributed by atoms with Crippen LogP contribution < -0.4 is 5.32 Å². The molecule has 0 bridgehead atoms. The smallest absolute Gasteiger partial charge is 0.341 e. The van der Waals surface area contributed by atoms with Gasteiger partial charge >= 0.3 is 5.97 Å². The lowest BCUT2D eigenvalue weighted by Crippen LogP contribution is -2.51. The van der Waals surface area contributed by atoms with Crippen LogP contribution in [-0.4, -0.2) is 26.8 Å². The Morgan fingerprint density at radius 2 is 1.88 bits per heavy atom. The minimum atomic E-state index is -1.49. The quantitative estimate of drug-likeness (QED) is 0.644. The first-order chi connectivity index (χ1) is 7.49. The molecule has 1 atom stereocenters. The molecule has 1 aromatic carbocycles. The number of halogens is 2. The van der Waals surface area contributed by atoms with Crippen molar-refractivity contribution in [1.82, 2.24) is 5.32 Å². The maximum absolute atomic E-state index is 11.7. The highest BCUT2D eigenvalue weighted by atomic mass is 79.9. The number of alkyl halides is 2. The number of carboxylic acids is 1. The van der Waals surface area contributed by atoms with Crippen LogP contribution in [0.4, 0.5) is 0 Å². The van der Waals surface area contributed by atoms with E-state index in [1.807, 2.05) is 0 Å². The van der Waals surface area contributed by atoms with Crippen LogP contribution in [0.2, 0.25) is 0 Å². The first-order valence-electron chi connectivity index (χ1n) is 4.35. The van der Waals surface area contributed by atoms with E-state index in [0.717, 1.165) is 0 Å². The normalized spacial score (nSPS) is 13.9. The van der Waals surface area contributed by atoms with Gasteiger partial charge in [0.25, 0.3) is 5.91 Å². The van der Waals surface area contributed by atoms with Crippen molar-refractivity contribution in [3.8, 4) is 0 Å². The van der Waals surface area contributed by atoms with E-state index in [-0.39, 0.29) is 5.33 Å². The molecule has 0 aliphatic heterocycles. The summed E-state index contributed by atoms with van der Waals surface area (Å²) in [5, 5.41) is 11.4. The SMILES string of the molecule is O=C(N[C@@](Br)(CBr)C(=O)O)c1ccccc1. The van der Waals surface area contributed by atoms with Gasteiger partial charge in [-0.1, -0.05) is 34.1 Å². The van der Waals surface area contributed by atoms with Crippen molar-refractivity contribution in [2.45, 2.75) is 4.45 Å². The van der Waals surface area contributed by atoms with Crippen LogP contribution in [-0.2, 0) is 4.79 Å². The van der Waals surface area contributed by atoms with E-state index < -0.39 is 16.3 Å². The zero-order chi connectivity index (χ0) is 12.2. The minimum Gasteiger partial charge on any atom is -0.479 e. The molecule has 0 heterocycles. The lowest BCUT2D eigenvalue weighted by atomic mass is 10.2. The Hall–Kier alpha value is -0.880. The number of rotatable bonds is 4. The molecule has 1 aromatic rings. The maximum atomic E-state index is 11.7. The molecule has 1 rings (SSSR count). The van der Waals surface area contributed by atoms with E-state index in [2.05, 4.69) is 37.2 Å². The number of hydrogen-bond acceptors (Lipinski definition) is 2. The van der Waals surface area contributed by atoms with Crippen LogP contribution >= 0.6 is 31.9 Å². The van der Waals surface area contributed by atoms with Gasteiger partial charge in [0.2, 0.25) is 4.45 Å². The second-order valence-electron chi connectivity index (χ2n) is 3.06. The first kappa shape index (κ1) is 13.2. The Kier molecular flexibility index (Phi) is 4.49. The Labute approximate surface area is 109 Å². The van der Waals surface area contributed by atoms with Gasteiger partial charge in [0.15, 0.2) is 0 Å². The Morgan fingerprint density at radius 1 is 1.31 bits per heavy atom. The molecule has 0 aliphatic carbocycles. The molecule has 0 fully saturated rings. The highest BCUT2D eigenvalue weighted by molar-refractivity contribution is 9.12. The third-order valence-corrected chi connectivity index (χ3v) is 4.28. The van der Waals surface area contributed by atoms with E-state index in [4.69, 9.17) is 5.11 Å². The van der Waals surface area contributed by atoms with Crippen molar-refractivity contribution < 1.29 is 14.7 Å². The van der Waals surface area contributed by atoms with Gasteiger partial charge in [-0.05, 0) is 28.1 Å². The van der Waals surface area contributed by atoms with Crippen molar-refractivity contribution in [2.24, 2.45) is 0 Å². The predicted octanol–water partition coefficient (Wildman–Crippen LogP) is 1.99. The molecule has 0 aliphatic rings. The third kappa shape index (κ3) is 3.05. The zero-order valence-corrected chi connectivity index (χ0v) is 11.3. The summed E-state index contributed by atoms with van der Waals surface area (Å²) in [5.74, 6) is -1.60. The lowest BCUT2D eigenvalue weighted by Gasteiger charge is -2.21. The van der Waals surface area contributed by atoms with Gasteiger partial charge in [-0.15, -0.1) is 0 Å². The van der Waals surface area contributed by atoms with Crippen molar-refractivity contribution in [3.05, 3.63) is 35.9 Å². The fourth-order valence-electron chi connectivity index (χ4n) is 0.986. The number of carbonyl (C=O) groups is 2. The molecule has 6 heteroatoms. The number of benzene rings is 1. The largest absolute Gasteiger partial charge is 0.479 e. The van der Waals surface area contributed by atoms with Crippen LogP contribution in [0, 0.1) is 0 Å². The first-order valence-corrected chi connectivity index (χ1v) is 6.27. The highest BCUT2D eigenvalue weighted by Gasteiger charge is 2.36. The Morgan fingerprint density at radius 3 is 2.31 bits per heavy atom. The number of nitrogens with one attached hydrogen (secondary N) is 1. The van der Waals surface area contributed by atoms with Crippen molar-refractivity contribution in [2.75, 3.05) is 5.33 Å². The van der Waals surface area contributed by atoms with E-state index in [9.17, 15) is 9.59 Å². The van der Waals surface area contributed by atoms with Crippen LogP contribution in [0.5, 0.6) is 0 Å². The Bertz CT molecular complexity index is 396. The van der Waals surface area contributed by atoms with E-state index in [0.29, 0.717) is 5.56 Å². The molecule has 4 nitrogen and oxygen atoms in total. The summed E-state index contributed by atoms with van der Waals surface area (Å²) in [6.07, 6.45) is 0. The molecule has 0 aromatic heterocycles. The Balaban J connectivity index is 2.82. The third-order valence-electron chi connectivity index (χ3n) is 1.87. The zero-order valence-electron chi connectivity index (χ0n) is 8.11. The molecule has 0 saturated carbocycles. The van der Waals surface area contributed by atoms with Crippen LogP contribution in [0.25, 0.3) is 0 Å². The molecular formula is C10H9Br2NO3. The van der Waals surface area contributed by atoms with E-state index in [1.54, 1.807) is 30.3 Å². The molecule has 0 unspecified atom stereocenters. The van der Waals surface area contributed by atoms with Gasteiger partial charge < -0.3 is 10.4 Å². The summed E-state index contributed by atoms with van der Waals surface area (Å²) in [4.78, 5) is 22.6. The van der Waals surface area contributed by atoms with Crippen molar-refractivity contribution >= 4 is 43.7 Å². The molecule has 0 saturated heterocycles. The topological polar surface area (TPSA) is 66.4 Å². The second-order valence-corrected chi connectivity index (χ2v) is 4.97. The number of carbonyl (C=O) groups excluding carboxylic acids is 1. The number of hydrogen-bond donors (Lipinski definition) is 2. The number of amides is 1. The van der Waals surface area contributed by atoms with Crippen LogP contribution in [0.3, 0.4) is 0 Å². The standard InChI is InChI=1S/C10H9Br2NO3/c11-6-10(12,9(15)16)13-8(14)7-4-2-1-3-5-7/h1-5H,6H2,(H,13,14)(H,15,16)/t10-/m0/s1. The summed E-state index contributed by atoms with van der Waals surface area (Å²) >= 11 is 6.00. The number of aliphatic carboxylic acids is 1. The summed E-state index contributed by atoms with van der Waals surface area (Å²) in [5.41, 5.74) is 0.411. The van der Waals surface area contributed by atoms with Gasteiger partial charge in [0.05, 0.1) is 0 Å². The molecule has 0 spiro atoms. The lowest BCUT2D eigenvalue weighted by molar-refractivity contribution is -0.139. The average Bonchev–Trinajstić information content (AvgIpc) is 2.29. The molecule has 86 valence electrons. The fourth-order valence-corrected chi connectivity index (χ4v) is 1.55. The summed E-state index contributed by atoms with van der Waals surface area (Å²) in [6.45, 7) is 0. The van der Waals surface area contributed by atoms with Gasteiger partial charge in [-0.25, -0.2) is 4.79 Å². The molecule has 16 heavy (non-hydrogen) atoms. The van der Waals surface area contributed by atoms with E-state index in [1.165, 1.54) is 0 Å². The van der Waals surface area contributed by atoms with Gasteiger partial charge in [0.1, 0.15) is 0 Å². The van der Waals surface area contributed by atoms with Crippen LogP contribution in [0.1, 0.15) is 10.4 Å². The molecular weight excluding hydrogens is 342 g/mol. The monoisotopic (exact) mass is 349 g/mol. The molecule has 2 N–H and O–H groups in total. The summed E-state index contributed by atoms with van der Waals surface area (Å²) in [6, 6.07) is 8.41. The maximum Gasteiger partial charge on any atom is 0.341 e. The van der Waals surface area contributed by atoms with E-state index >= 15 is 0 Å². The minimum absolute atomic E-state index is 0.0634. The predicted molar refractivity (Wildman–Crippen MR) is 67.0 cm³/mol. The van der Waals surface area contributed by atoms with Crippen molar-refractivity contribution in [1.29, 1.82) is 0 Å². The van der Waals surface area contributed by atoms with Gasteiger partial charge in [-0.3, -0.25) is 4.79 Å². The average molecular weight is 351 g/mol. The molecule has 1 amide bonds. The van der Waals surface area contributed by atoms with Crippen LogP contribution in [0.15, 0.2) is 30.3 Å².